The van der Waals surface area contributed by atoms with Gasteiger partial charge in [-0.25, -0.2) is 22.5 Å². The number of benzene rings is 1. The van der Waals surface area contributed by atoms with Gasteiger partial charge in [-0.3, -0.25) is 19.9 Å². The van der Waals surface area contributed by atoms with Gasteiger partial charge < -0.3 is 10.3 Å². The molecule has 0 saturated carbocycles. The minimum absolute atomic E-state index is 0.00540. The normalized spacial score (nSPS) is 11.4. The summed E-state index contributed by atoms with van der Waals surface area (Å²) in [6.07, 6.45) is -4.35. The smallest absolute Gasteiger partial charge is 0.280 e. The Morgan fingerprint density at radius 1 is 1.06 bits per heavy atom. The third-order valence-electron chi connectivity index (χ3n) is 5.00. The SMILES string of the molecule is Cc1nc(NC(=O)c2cc(CNC(=O)C(C)C)ccc2C(F)F)[nH]c1-c1ccc(C(F)F)nc1. The Balaban J connectivity index is 1.82. The molecule has 34 heavy (non-hydrogen) atoms. The van der Waals surface area contributed by atoms with Crippen LogP contribution >= 0.6 is 0 Å². The summed E-state index contributed by atoms with van der Waals surface area (Å²) in [5, 5.41) is 5.13. The topological polar surface area (TPSA) is 99.8 Å². The van der Waals surface area contributed by atoms with Gasteiger partial charge >= 0.3 is 0 Å². The van der Waals surface area contributed by atoms with Crippen LogP contribution in [-0.4, -0.2) is 26.8 Å². The van der Waals surface area contributed by atoms with Crippen molar-refractivity contribution in [1.29, 1.82) is 0 Å². The number of anilines is 1. The first-order valence-electron chi connectivity index (χ1n) is 10.4. The summed E-state index contributed by atoms with van der Waals surface area (Å²) in [6.45, 7) is 5.14. The number of amides is 2. The standard InChI is InChI=1S/C23H23F4N5O2/c1-11(2)21(33)29-9-13-4-6-15(19(24)25)16(8-13)22(34)32-23-30-12(3)18(31-23)14-5-7-17(20(26)27)28-10-14/h4-8,10-11,19-20H,9H2,1-3H3,(H,29,33)(H2,30,31,32,34). The number of aromatic nitrogens is 3. The van der Waals surface area contributed by atoms with Gasteiger partial charge in [0.15, 0.2) is 0 Å². The zero-order valence-corrected chi connectivity index (χ0v) is 18.6. The number of carbonyl (C=O) groups excluding carboxylic acids is 2. The molecular weight excluding hydrogens is 454 g/mol. The quantitative estimate of drug-likeness (QED) is 0.389. The van der Waals surface area contributed by atoms with E-state index in [1.54, 1.807) is 20.8 Å². The summed E-state index contributed by atoms with van der Waals surface area (Å²) in [6, 6.07) is 6.47. The average Bonchev–Trinajstić information content (AvgIpc) is 3.16. The van der Waals surface area contributed by atoms with Gasteiger partial charge in [-0.05, 0) is 30.7 Å². The van der Waals surface area contributed by atoms with E-state index in [9.17, 15) is 27.2 Å². The monoisotopic (exact) mass is 477 g/mol. The molecule has 0 bridgehead atoms. The van der Waals surface area contributed by atoms with Crippen molar-refractivity contribution < 1.29 is 27.2 Å². The van der Waals surface area contributed by atoms with E-state index < -0.39 is 24.3 Å². The number of alkyl halides is 4. The van der Waals surface area contributed by atoms with Crippen LogP contribution < -0.4 is 10.6 Å². The van der Waals surface area contributed by atoms with Gasteiger partial charge in [0.05, 0.1) is 11.4 Å². The second kappa shape index (κ2) is 10.4. The van der Waals surface area contributed by atoms with Crippen LogP contribution in [0.2, 0.25) is 0 Å². The molecule has 0 saturated heterocycles. The van der Waals surface area contributed by atoms with Crippen molar-refractivity contribution in [1.82, 2.24) is 20.3 Å². The van der Waals surface area contributed by atoms with Crippen molar-refractivity contribution in [3.05, 3.63) is 64.6 Å². The molecule has 3 N–H and O–H groups in total. The molecule has 0 spiro atoms. The molecule has 0 atom stereocenters. The van der Waals surface area contributed by atoms with Crippen LogP contribution in [0.15, 0.2) is 36.5 Å². The second-order valence-electron chi connectivity index (χ2n) is 7.87. The lowest BCUT2D eigenvalue weighted by Gasteiger charge is -2.12. The van der Waals surface area contributed by atoms with E-state index in [1.807, 2.05) is 0 Å². The molecule has 3 rings (SSSR count). The van der Waals surface area contributed by atoms with Crippen LogP contribution in [-0.2, 0) is 11.3 Å². The lowest BCUT2D eigenvalue weighted by atomic mass is 10.0. The van der Waals surface area contributed by atoms with Gasteiger partial charge in [0.25, 0.3) is 18.8 Å². The molecule has 180 valence electrons. The fraction of sp³-hybridized carbons (Fsp3) is 0.304. The number of rotatable bonds is 8. The van der Waals surface area contributed by atoms with Gasteiger partial charge in [0.1, 0.15) is 5.69 Å². The average molecular weight is 477 g/mol. The third-order valence-corrected chi connectivity index (χ3v) is 5.00. The summed E-state index contributed by atoms with van der Waals surface area (Å²) < 4.78 is 52.5. The van der Waals surface area contributed by atoms with Gasteiger partial charge in [-0.2, -0.15) is 0 Å². The van der Waals surface area contributed by atoms with Crippen LogP contribution in [0.5, 0.6) is 0 Å². The number of nitrogens with zero attached hydrogens (tertiary/aromatic N) is 2. The predicted octanol–water partition coefficient (Wildman–Crippen LogP) is 5.18. The lowest BCUT2D eigenvalue weighted by molar-refractivity contribution is -0.124. The molecule has 3 aromatic rings. The highest BCUT2D eigenvalue weighted by Crippen LogP contribution is 2.27. The second-order valence-corrected chi connectivity index (χ2v) is 7.87. The molecule has 11 heteroatoms. The van der Waals surface area contributed by atoms with Crippen molar-refractivity contribution >= 4 is 17.8 Å². The summed E-state index contributed by atoms with van der Waals surface area (Å²) in [4.78, 5) is 35.3. The fourth-order valence-corrected chi connectivity index (χ4v) is 3.15. The Labute approximate surface area is 193 Å². The Bertz CT molecular complexity index is 1180. The van der Waals surface area contributed by atoms with E-state index in [0.717, 1.165) is 6.07 Å². The van der Waals surface area contributed by atoms with E-state index in [1.165, 1.54) is 30.5 Å². The minimum Gasteiger partial charge on any atom is -0.352 e. The summed E-state index contributed by atoms with van der Waals surface area (Å²) in [5.41, 5.74) is 0.718. The minimum atomic E-state index is -2.90. The molecule has 0 aliphatic carbocycles. The highest BCUT2D eigenvalue weighted by molar-refractivity contribution is 6.04. The molecule has 2 aromatic heterocycles. The third kappa shape index (κ3) is 5.77. The Morgan fingerprint density at radius 3 is 2.38 bits per heavy atom. The number of halogens is 4. The maximum atomic E-state index is 13.5. The Morgan fingerprint density at radius 2 is 1.79 bits per heavy atom. The lowest BCUT2D eigenvalue weighted by Crippen LogP contribution is -2.27. The maximum Gasteiger partial charge on any atom is 0.280 e. The van der Waals surface area contributed by atoms with Crippen LogP contribution in [0.1, 0.15) is 59.6 Å². The first kappa shape index (κ1) is 24.9. The molecule has 2 heterocycles. The number of aryl methyl sites for hydroxylation is 1. The maximum absolute atomic E-state index is 13.5. The van der Waals surface area contributed by atoms with Crippen molar-refractivity contribution in [2.24, 2.45) is 5.92 Å². The van der Waals surface area contributed by atoms with Gasteiger partial charge in [0.2, 0.25) is 11.9 Å². The molecule has 0 unspecified atom stereocenters. The van der Waals surface area contributed by atoms with E-state index in [-0.39, 0.29) is 35.6 Å². The molecule has 1 aromatic carbocycles. The molecule has 2 amide bonds. The zero-order valence-electron chi connectivity index (χ0n) is 18.6. The van der Waals surface area contributed by atoms with E-state index in [2.05, 4.69) is 25.6 Å². The Kier molecular flexibility index (Phi) is 7.64. The van der Waals surface area contributed by atoms with Crippen LogP contribution in [0.3, 0.4) is 0 Å². The number of aromatic amines is 1. The number of H-pyrrole nitrogens is 1. The number of hydrogen-bond donors (Lipinski definition) is 3. The predicted molar refractivity (Wildman–Crippen MR) is 118 cm³/mol. The number of nitrogens with one attached hydrogen (secondary N) is 3. The van der Waals surface area contributed by atoms with Crippen LogP contribution in [0.4, 0.5) is 23.5 Å². The van der Waals surface area contributed by atoms with Gasteiger partial charge in [-0.15, -0.1) is 0 Å². The van der Waals surface area contributed by atoms with Crippen molar-refractivity contribution in [2.75, 3.05) is 5.32 Å². The van der Waals surface area contributed by atoms with Crippen LogP contribution in [0, 0.1) is 12.8 Å². The first-order valence-corrected chi connectivity index (χ1v) is 10.4. The van der Waals surface area contributed by atoms with Crippen molar-refractivity contribution in [2.45, 2.75) is 40.2 Å². The fourth-order valence-electron chi connectivity index (χ4n) is 3.15. The molecule has 0 radical (unpaired) electrons. The molecule has 0 aliphatic rings. The summed E-state index contributed by atoms with van der Waals surface area (Å²) in [5.74, 6) is -1.28. The van der Waals surface area contributed by atoms with Crippen molar-refractivity contribution in [3.8, 4) is 11.3 Å². The largest absolute Gasteiger partial charge is 0.352 e. The molecule has 7 nitrogen and oxygen atoms in total. The first-order chi connectivity index (χ1) is 16.1. The Hall–Kier alpha value is -3.76. The van der Waals surface area contributed by atoms with Crippen molar-refractivity contribution in [3.63, 3.8) is 0 Å². The summed E-state index contributed by atoms with van der Waals surface area (Å²) >= 11 is 0. The number of pyridine rings is 1. The molecule has 0 aliphatic heterocycles. The summed E-state index contributed by atoms with van der Waals surface area (Å²) in [7, 11) is 0. The highest BCUT2D eigenvalue weighted by atomic mass is 19.3. The van der Waals surface area contributed by atoms with Gasteiger partial charge in [-0.1, -0.05) is 26.0 Å². The molecule has 0 fully saturated rings. The number of imidazole rings is 1. The van der Waals surface area contributed by atoms with E-state index >= 15 is 0 Å². The molecular formula is C23H23F4N5O2. The zero-order chi connectivity index (χ0) is 25.0. The number of hydrogen-bond acceptors (Lipinski definition) is 4. The van der Waals surface area contributed by atoms with Gasteiger partial charge in [0, 0.05) is 35.3 Å². The number of carbonyl (C=O) groups is 2. The van der Waals surface area contributed by atoms with E-state index in [4.69, 9.17) is 0 Å². The van der Waals surface area contributed by atoms with Crippen LogP contribution in [0.25, 0.3) is 11.3 Å². The highest BCUT2D eigenvalue weighted by Gasteiger charge is 2.21. The van der Waals surface area contributed by atoms with E-state index in [0.29, 0.717) is 22.5 Å².